The number of aromatic nitrogens is 1. The molecule has 146 valence electrons. The summed E-state index contributed by atoms with van der Waals surface area (Å²) in [6.45, 7) is 7.15. The fourth-order valence-corrected chi connectivity index (χ4v) is 3.28. The van der Waals surface area contributed by atoms with Gasteiger partial charge in [0.05, 0.1) is 5.75 Å². The van der Waals surface area contributed by atoms with Crippen molar-refractivity contribution in [2.45, 2.75) is 26.0 Å². The molecule has 0 spiro atoms. The number of rotatable bonds is 8. The van der Waals surface area contributed by atoms with Crippen molar-refractivity contribution in [3.8, 4) is 22.6 Å². The minimum absolute atomic E-state index is 0.00165. The van der Waals surface area contributed by atoms with E-state index < -0.39 is 0 Å². The summed E-state index contributed by atoms with van der Waals surface area (Å²) in [5.41, 5.74) is 2.76. The van der Waals surface area contributed by atoms with Gasteiger partial charge in [0, 0.05) is 17.7 Å². The molecule has 0 radical (unpaired) electrons. The minimum atomic E-state index is -0.00165. The van der Waals surface area contributed by atoms with Crippen molar-refractivity contribution >= 4 is 17.7 Å². The topological polar surface area (TPSA) is 55.1 Å². The first kappa shape index (κ1) is 20.2. The third-order valence-corrected chi connectivity index (χ3v) is 5.60. The lowest BCUT2D eigenvalue weighted by molar-refractivity contribution is -0.118. The van der Waals surface area contributed by atoms with Crippen LogP contribution in [-0.4, -0.2) is 23.2 Å². The average Bonchev–Trinajstić information content (AvgIpc) is 3.16. The molecule has 4 nitrogen and oxygen atoms in total. The van der Waals surface area contributed by atoms with E-state index in [2.05, 4.69) is 31.1 Å². The number of hydrogen-bond donors (Lipinski definition) is 1. The zero-order chi connectivity index (χ0) is 19.9. The molecule has 1 aromatic heterocycles. The van der Waals surface area contributed by atoms with Crippen LogP contribution in [0.5, 0.6) is 0 Å². The summed E-state index contributed by atoms with van der Waals surface area (Å²) < 4.78 is 6.04. The maximum atomic E-state index is 12.2. The Kier molecular flexibility index (Phi) is 6.93. The monoisotopic (exact) mass is 394 g/mol. The predicted octanol–water partition coefficient (Wildman–Crippen LogP) is 5.51. The van der Waals surface area contributed by atoms with Crippen molar-refractivity contribution < 1.29 is 9.21 Å². The van der Waals surface area contributed by atoms with Crippen molar-refractivity contribution in [2.75, 3.05) is 12.3 Å². The van der Waals surface area contributed by atoms with Crippen LogP contribution in [0.15, 0.2) is 70.3 Å². The van der Waals surface area contributed by atoms with E-state index in [0.717, 1.165) is 22.6 Å². The van der Waals surface area contributed by atoms with Gasteiger partial charge in [0.25, 0.3) is 5.22 Å². The van der Waals surface area contributed by atoms with Crippen LogP contribution in [0, 0.1) is 11.8 Å². The molecule has 0 aliphatic carbocycles. The minimum Gasteiger partial charge on any atom is -0.431 e. The Morgan fingerprint density at radius 3 is 2.21 bits per heavy atom. The van der Waals surface area contributed by atoms with Gasteiger partial charge in [-0.15, -0.1) is 0 Å². The molecule has 5 heteroatoms. The highest BCUT2D eigenvalue weighted by atomic mass is 32.2. The van der Waals surface area contributed by atoms with E-state index in [1.165, 1.54) is 11.8 Å². The van der Waals surface area contributed by atoms with Gasteiger partial charge in [0.1, 0.15) is 5.69 Å². The van der Waals surface area contributed by atoms with Crippen LogP contribution in [0.25, 0.3) is 22.6 Å². The van der Waals surface area contributed by atoms with Gasteiger partial charge in [0.2, 0.25) is 5.91 Å². The summed E-state index contributed by atoms with van der Waals surface area (Å²) in [5, 5.41) is 3.49. The summed E-state index contributed by atoms with van der Waals surface area (Å²) in [4.78, 5) is 16.8. The summed E-state index contributed by atoms with van der Waals surface area (Å²) >= 11 is 1.32. The quantitative estimate of drug-likeness (QED) is 0.512. The van der Waals surface area contributed by atoms with Crippen LogP contribution in [0.3, 0.4) is 0 Å². The van der Waals surface area contributed by atoms with Crippen LogP contribution < -0.4 is 5.32 Å². The second kappa shape index (κ2) is 9.60. The lowest BCUT2D eigenvalue weighted by atomic mass is 9.98. The Labute approximate surface area is 170 Å². The van der Waals surface area contributed by atoms with Gasteiger partial charge in [-0.25, -0.2) is 4.98 Å². The summed E-state index contributed by atoms with van der Waals surface area (Å²) in [6, 6.07) is 19.9. The lowest BCUT2D eigenvalue weighted by Crippen LogP contribution is -2.31. The highest BCUT2D eigenvalue weighted by molar-refractivity contribution is 7.99. The van der Waals surface area contributed by atoms with Crippen LogP contribution >= 0.6 is 11.8 Å². The molecule has 1 unspecified atom stereocenters. The molecule has 3 aromatic rings. The highest BCUT2D eigenvalue weighted by Crippen LogP contribution is 2.35. The van der Waals surface area contributed by atoms with Crippen molar-refractivity contribution in [2.24, 2.45) is 11.8 Å². The summed E-state index contributed by atoms with van der Waals surface area (Å²) in [5.74, 6) is 2.00. The van der Waals surface area contributed by atoms with Crippen molar-refractivity contribution in [1.82, 2.24) is 10.3 Å². The first-order chi connectivity index (χ1) is 13.5. The molecule has 28 heavy (non-hydrogen) atoms. The van der Waals surface area contributed by atoms with Gasteiger partial charge in [-0.2, -0.15) is 0 Å². The molecule has 3 rings (SSSR count). The van der Waals surface area contributed by atoms with Gasteiger partial charge in [0.15, 0.2) is 5.76 Å². The number of nitrogens with zero attached hydrogens (tertiary/aromatic N) is 1. The number of benzene rings is 2. The Morgan fingerprint density at radius 1 is 1.00 bits per heavy atom. The molecule has 0 bridgehead atoms. The third kappa shape index (κ3) is 5.26. The number of amides is 1. The maximum absolute atomic E-state index is 12.2. The maximum Gasteiger partial charge on any atom is 0.257 e. The van der Waals surface area contributed by atoms with Gasteiger partial charge < -0.3 is 9.73 Å². The molecule has 1 heterocycles. The number of oxazole rings is 1. The first-order valence-electron chi connectivity index (χ1n) is 9.55. The number of carbonyl (C=O) groups is 1. The van der Waals surface area contributed by atoms with E-state index in [4.69, 9.17) is 4.42 Å². The second-order valence-corrected chi connectivity index (χ2v) is 8.13. The van der Waals surface area contributed by atoms with E-state index in [-0.39, 0.29) is 11.7 Å². The van der Waals surface area contributed by atoms with E-state index in [0.29, 0.717) is 23.6 Å². The molecule has 1 atom stereocenters. The van der Waals surface area contributed by atoms with E-state index in [9.17, 15) is 4.79 Å². The fourth-order valence-electron chi connectivity index (χ4n) is 2.63. The molecule has 0 fully saturated rings. The number of hydrogen-bond acceptors (Lipinski definition) is 4. The Bertz CT molecular complexity index is 834. The first-order valence-corrected chi connectivity index (χ1v) is 10.5. The van der Waals surface area contributed by atoms with E-state index in [1.807, 2.05) is 60.7 Å². The van der Waals surface area contributed by atoms with Crippen molar-refractivity contribution in [1.29, 1.82) is 0 Å². The Balaban J connectivity index is 1.74. The van der Waals surface area contributed by atoms with Gasteiger partial charge in [-0.3, -0.25) is 4.79 Å². The van der Waals surface area contributed by atoms with E-state index >= 15 is 0 Å². The molecule has 0 saturated heterocycles. The molecule has 2 aromatic carbocycles. The number of carbonyl (C=O) groups excluding carboxylic acids is 1. The van der Waals surface area contributed by atoms with Crippen LogP contribution in [0.1, 0.15) is 20.8 Å². The van der Waals surface area contributed by atoms with Gasteiger partial charge >= 0.3 is 0 Å². The van der Waals surface area contributed by atoms with Crippen LogP contribution in [0.4, 0.5) is 0 Å². The number of thioether (sulfide) groups is 1. The highest BCUT2D eigenvalue weighted by Gasteiger charge is 2.18. The molecule has 0 aliphatic rings. The average molecular weight is 395 g/mol. The van der Waals surface area contributed by atoms with E-state index in [1.54, 1.807) is 0 Å². The van der Waals surface area contributed by atoms with Crippen LogP contribution in [0.2, 0.25) is 0 Å². The largest absolute Gasteiger partial charge is 0.431 e. The normalized spacial score (nSPS) is 12.1. The van der Waals surface area contributed by atoms with Crippen molar-refractivity contribution in [3.63, 3.8) is 0 Å². The summed E-state index contributed by atoms with van der Waals surface area (Å²) in [6.07, 6.45) is 0. The Hall–Kier alpha value is -2.53. The zero-order valence-electron chi connectivity index (χ0n) is 16.5. The number of nitrogens with one attached hydrogen (secondary N) is 1. The molecule has 0 saturated carbocycles. The predicted molar refractivity (Wildman–Crippen MR) is 115 cm³/mol. The molecule has 1 amide bonds. The van der Waals surface area contributed by atoms with Crippen molar-refractivity contribution in [3.05, 3.63) is 60.7 Å². The smallest absolute Gasteiger partial charge is 0.257 e. The molecule has 0 aliphatic heterocycles. The summed E-state index contributed by atoms with van der Waals surface area (Å²) in [7, 11) is 0. The SMILES string of the molecule is CC(C)C(C)CNC(=O)CSc1nc(-c2ccccc2)c(-c2ccccc2)o1. The standard InChI is InChI=1S/C23H26N2O2S/c1-16(2)17(3)14-24-20(26)15-28-23-25-21(18-10-6-4-7-11-18)22(27-23)19-12-8-5-9-13-19/h4-13,16-17H,14-15H2,1-3H3,(H,24,26). The third-order valence-electron chi connectivity index (χ3n) is 4.78. The molecule has 1 N–H and O–H groups in total. The molecular weight excluding hydrogens is 368 g/mol. The van der Waals surface area contributed by atoms with Gasteiger partial charge in [-0.1, -0.05) is 93.2 Å². The van der Waals surface area contributed by atoms with Crippen LogP contribution in [-0.2, 0) is 4.79 Å². The van der Waals surface area contributed by atoms with Gasteiger partial charge in [-0.05, 0) is 11.8 Å². The lowest BCUT2D eigenvalue weighted by Gasteiger charge is -2.15. The fraction of sp³-hybridized carbons (Fsp3) is 0.304. The zero-order valence-corrected chi connectivity index (χ0v) is 17.3. The second-order valence-electron chi connectivity index (χ2n) is 7.20. The Morgan fingerprint density at radius 2 is 1.61 bits per heavy atom. The molecular formula is C23H26N2O2S.